The highest BCUT2D eigenvalue weighted by atomic mass is 35.5. The first-order chi connectivity index (χ1) is 17.6. The summed E-state index contributed by atoms with van der Waals surface area (Å²) in [6, 6.07) is 11.5. The topological polar surface area (TPSA) is 96.1 Å². The van der Waals surface area contributed by atoms with Crippen LogP contribution in [0.4, 0.5) is 5.82 Å². The Bertz CT molecular complexity index is 1250. The Labute approximate surface area is 241 Å². The van der Waals surface area contributed by atoms with Crippen LogP contribution in [0.25, 0.3) is 11.1 Å². The van der Waals surface area contributed by atoms with Gasteiger partial charge < -0.3 is 14.7 Å². The molecule has 6 nitrogen and oxygen atoms in total. The lowest BCUT2D eigenvalue weighted by Crippen LogP contribution is -2.40. The minimum Gasteiger partial charge on any atom is -0.598 e. The second-order valence-corrected chi connectivity index (χ2v) is 20.0. The van der Waals surface area contributed by atoms with Crippen molar-refractivity contribution in [2.24, 2.45) is 0 Å². The van der Waals surface area contributed by atoms with Crippen molar-refractivity contribution in [2.75, 3.05) is 5.73 Å². The summed E-state index contributed by atoms with van der Waals surface area (Å²) in [5.41, 5.74) is 9.62. The van der Waals surface area contributed by atoms with Crippen LogP contribution in [0.3, 0.4) is 0 Å². The number of nitrogens with one attached hydrogen (secondary N) is 1. The molecule has 0 aliphatic heterocycles. The summed E-state index contributed by atoms with van der Waals surface area (Å²) in [5, 5.41) is 1.54. The number of aromatic nitrogens is 2. The number of benzene rings is 1. The number of nitrogen functional groups attached to an aromatic ring is 1. The lowest BCUT2D eigenvalue weighted by molar-refractivity contribution is 0.273. The summed E-state index contributed by atoms with van der Waals surface area (Å²) in [7, 11) is -1.95. The number of rotatable bonds is 9. The first-order valence-electron chi connectivity index (χ1n) is 12.5. The molecule has 3 N–H and O–H groups in total. The van der Waals surface area contributed by atoms with E-state index in [9.17, 15) is 4.55 Å². The van der Waals surface area contributed by atoms with Gasteiger partial charge in [0, 0.05) is 39.8 Å². The molecule has 1 aromatic carbocycles. The molecular weight excluding hydrogens is 552 g/mol. The molecule has 38 heavy (non-hydrogen) atoms. The van der Waals surface area contributed by atoms with Crippen molar-refractivity contribution in [3.05, 3.63) is 64.9 Å². The molecule has 0 amide bonds. The van der Waals surface area contributed by atoms with Gasteiger partial charge in [-0.25, -0.2) is 9.97 Å². The van der Waals surface area contributed by atoms with Crippen LogP contribution in [-0.4, -0.2) is 27.6 Å². The molecule has 1 unspecified atom stereocenters. The highest BCUT2D eigenvalue weighted by molar-refractivity contribution is 7.99. The van der Waals surface area contributed by atoms with E-state index in [-0.39, 0.29) is 5.04 Å². The predicted octanol–water partition coefficient (Wildman–Crippen LogP) is 7.60. The summed E-state index contributed by atoms with van der Waals surface area (Å²) in [6.45, 7) is 17.9. The second kappa shape index (κ2) is 12.3. The van der Waals surface area contributed by atoms with Gasteiger partial charge in [-0.1, -0.05) is 56.3 Å². The molecule has 10 heteroatoms. The maximum absolute atomic E-state index is 12.9. The maximum Gasteiger partial charge on any atom is 0.192 e. The molecule has 1 atom stereocenters. The number of pyridine rings is 2. The fourth-order valence-electron chi connectivity index (χ4n) is 3.27. The average Bonchev–Trinajstić information content (AvgIpc) is 2.83. The second-order valence-electron chi connectivity index (χ2n) is 11.7. The summed E-state index contributed by atoms with van der Waals surface area (Å²) < 4.78 is 22.2. The van der Waals surface area contributed by atoms with Gasteiger partial charge in [0.25, 0.3) is 0 Å². The van der Waals surface area contributed by atoms with Gasteiger partial charge in [0.15, 0.2) is 8.32 Å². The van der Waals surface area contributed by atoms with Crippen LogP contribution in [0.5, 0.6) is 0 Å². The molecule has 0 aliphatic carbocycles. The lowest BCUT2D eigenvalue weighted by Gasteiger charge is -2.36. The molecular formula is C28H39ClN4O2S2Si. The van der Waals surface area contributed by atoms with E-state index in [1.54, 1.807) is 18.5 Å². The van der Waals surface area contributed by atoms with Crippen LogP contribution in [-0.2, 0) is 28.9 Å². The van der Waals surface area contributed by atoms with E-state index in [1.165, 1.54) is 11.8 Å². The van der Waals surface area contributed by atoms with Gasteiger partial charge in [-0.2, -0.15) is 0 Å². The minimum atomic E-state index is -1.95. The van der Waals surface area contributed by atoms with Crippen LogP contribution in [0.15, 0.2) is 58.7 Å². The zero-order chi connectivity index (χ0) is 28.3. The quantitative estimate of drug-likeness (QED) is 0.195. The highest BCUT2D eigenvalue weighted by Crippen LogP contribution is 2.42. The molecule has 2 heterocycles. The van der Waals surface area contributed by atoms with Crippen molar-refractivity contribution < 1.29 is 8.98 Å². The first kappa shape index (κ1) is 30.9. The van der Waals surface area contributed by atoms with Crippen molar-refractivity contribution in [3.8, 4) is 11.1 Å². The normalized spacial score (nSPS) is 13.5. The molecule has 0 aliphatic rings. The Balaban J connectivity index is 2.03. The van der Waals surface area contributed by atoms with Crippen LogP contribution in [0.1, 0.15) is 52.7 Å². The number of nitrogens with zero attached hydrogens (tertiary/aromatic N) is 2. The minimum absolute atomic E-state index is 0.106. The van der Waals surface area contributed by atoms with Crippen LogP contribution >= 0.6 is 23.4 Å². The van der Waals surface area contributed by atoms with E-state index in [2.05, 4.69) is 49.6 Å². The van der Waals surface area contributed by atoms with E-state index >= 15 is 0 Å². The third-order valence-electron chi connectivity index (χ3n) is 6.69. The van der Waals surface area contributed by atoms with Gasteiger partial charge >= 0.3 is 0 Å². The largest absolute Gasteiger partial charge is 0.598 e. The van der Waals surface area contributed by atoms with Crippen molar-refractivity contribution in [2.45, 2.75) is 87.5 Å². The molecule has 0 bridgehead atoms. The van der Waals surface area contributed by atoms with Crippen LogP contribution in [0.2, 0.25) is 23.2 Å². The van der Waals surface area contributed by atoms with E-state index in [4.69, 9.17) is 26.7 Å². The van der Waals surface area contributed by atoms with Gasteiger partial charge in [-0.05, 0) is 74.3 Å². The van der Waals surface area contributed by atoms with E-state index in [1.807, 2.05) is 45.0 Å². The Hall–Kier alpha value is -1.59. The maximum atomic E-state index is 12.9. The van der Waals surface area contributed by atoms with Gasteiger partial charge in [0.1, 0.15) is 15.6 Å². The van der Waals surface area contributed by atoms with E-state index in [0.717, 1.165) is 32.2 Å². The van der Waals surface area contributed by atoms with Crippen LogP contribution < -0.4 is 10.5 Å². The third-order valence-corrected chi connectivity index (χ3v) is 14.3. The van der Waals surface area contributed by atoms with E-state index in [0.29, 0.717) is 24.0 Å². The summed E-state index contributed by atoms with van der Waals surface area (Å²) in [6.07, 6.45) is 3.53. The fourth-order valence-corrected chi connectivity index (χ4v) is 6.26. The fraction of sp³-hybridized carbons (Fsp3) is 0.429. The molecule has 0 radical (unpaired) electrons. The predicted molar refractivity (Wildman–Crippen MR) is 164 cm³/mol. The van der Waals surface area contributed by atoms with Gasteiger partial charge in [0.05, 0.1) is 18.2 Å². The Morgan fingerprint density at radius 2 is 1.79 bits per heavy atom. The zero-order valence-electron chi connectivity index (χ0n) is 23.5. The Kier molecular flexibility index (Phi) is 10.0. The Morgan fingerprint density at radius 1 is 1.08 bits per heavy atom. The van der Waals surface area contributed by atoms with Crippen molar-refractivity contribution in [3.63, 3.8) is 0 Å². The zero-order valence-corrected chi connectivity index (χ0v) is 26.9. The molecule has 0 fully saturated rings. The Morgan fingerprint density at radius 3 is 2.39 bits per heavy atom. The third kappa shape index (κ3) is 7.75. The van der Waals surface area contributed by atoms with Gasteiger partial charge in [-0.15, -0.1) is 4.72 Å². The smallest absolute Gasteiger partial charge is 0.192 e. The van der Waals surface area contributed by atoms with E-state index < -0.39 is 24.4 Å². The lowest BCUT2D eigenvalue weighted by atomic mass is 10.0. The average molecular weight is 591 g/mol. The first-order valence-corrected chi connectivity index (χ1v) is 17.8. The number of nitrogens with two attached hydrogens (primary N) is 1. The number of halogens is 1. The van der Waals surface area contributed by atoms with Crippen molar-refractivity contribution in [1.29, 1.82) is 0 Å². The number of hydrogen-bond acceptors (Lipinski definition) is 7. The molecule has 2 aromatic heterocycles. The summed E-state index contributed by atoms with van der Waals surface area (Å²) in [5.74, 6) is 0.450. The SMILES string of the molecule is CC(C)(C)[S+]([O-])NCc1c(-c2ccc(N)nc2)ccc(Cl)c1Sc1ncccc1CO[Si](C)(C)C(C)(C)C. The van der Waals surface area contributed by atoms with Crippen LogP contribution in [0, 0.1) is 0 Å². The van der Waals surface area contributed by atoms with Crippen molar-refractivity contribution >= 4 is 48.9 Å². The molecule has 206 valence electrons. The summed E-state index contributed by atoms with van der Waals surface area (Å²) >= 11 is 7.06. The molecule has 3 rings (SSSR count). The van der Waals surface area contributed by atoms with Gasteiger partial charge in [-0.3, -0.25) is 0 Å². The molecule has 3 aromatic rings. The van der Waals surface area contributed by atoms with Gasteiger partial charge in [0.2, 0.25) is 0 Å². The van der Waals surface area contributed by atoms with Crippen molar-refractivity contribution in [1.82, 2.24) is 14.7 Å². The number of hydrogen-bond donors (Lipinski definition) is 2. The molecule has 0 spiro atoms. The standard InChI is InChI=1S/C28H39ClN4O2S2Si/c1-27(2,3)37(34)33-17-22-21(19-11-14-24(30)32-16-19)12-13-23(29)25(22)36-26-20(10-9-15-31-26)18-35-38(7,8)28(4,5)6/h9-16,33H,17-18H2,1-8H3,(H2,30,32). The molecule has 0 saturated heterocycles. The molecule has 0 saturated carbocycles. The summed E-state index contributed by atoms with van der Waals surface area (Å²) in [4.78, 5) is 9.83. The highest BCUT2D eigenvalue weighted by Gasteiger charge is 2.37. The number of anilines is 1. The monoisotopic (exact) mass is 590 g/mol.